The fourth-order valence-corrected chi connectivity index (χ4v) is 7.45. The number of nitrogens with one attached hydrogen (secondary N) is 1. The number of anilines is 1. The van der Waals surface area contributed by atoms with Gasteiger partial charge in [-0.3, -0.25) is 13.9 Å². The molecule has 1 N–H and O–H groups in total. The molecule has 1 atom stereocenters. The number of nitrogens with zero attached hydrogens (tertiary/aromatic N) is 2. The summed E-state index contributed by atoms with van der Waals surface area (Å²) >= 11 is 12.7. The van der Waals surface area contributed by atoms with Gasteiger partial charge in [0, 0.05) is 42.0 Å². The summed E-state index contributed by atoms with van der Waals surface area (Å²) in [6.45, 7) is 4.08. The summed E-state index contributed by atoms with van der Waals surface area (Å²) in [4.78, 5) is 29.7. The first-order chi connectivity index (χ1) is 21.4. The Labute approximate surface area is 278 Å². The van der Waals surface area contributed by atoms with Crippen LogP contribution in [0.2, 0.25) is 10.0 Å². The first-order valence-electron chi connectivity index (χ1n) is 15.5. The second-order valence-corrected chi connectivity index (χ2v) is 14.8. The van der Waals surface area contributed by atoms with Gasteiger partial charge in [0.1, 0.15) is 6.04 Å². The van der Waals surface area contributed by atoms with Gasteiger partial charge < -0.3 is 10.2 Å². The van der Waals surface area contributed by atoms with E-state index in [4.69, 9.17) is 23.2 Å². The van der Waals surface area contributed by atoms with Crippen molar-refractivity contribution in [2.45, 2.75) is 83.8 Å². The zero-order chi connectivity index (χ0) is 32.6. The third-order valence-electron chi connectivity index (χ3n) is 8.23. The van der Waals surface area contributed by atoms with E-state index in [-0.39, 0.29) is 43.8 Å². The topological polar surface area (TPSA) is 86.8 Å². The molecule has 1 aliphatic rings. The maximum absolute atomic E-state index is 14.1. The number of carbonyl (C=O) groups is 2. The predicted octanol–water partition coefficient (Wildman–Crippen LogP) is 7.25. The Bertz CT molecular complexity index is 1560. The molecule has 0 heterocycles. The molecule has 0 spiro atoms. The highest BCUT2D eigenvalue weighted by molar-refractivity contribution is 7.92. The number of hydrogen-bond donors (Lipinski definition) is 1. The van der Waals surface area contributed by atoms with Gasteiger partial charge in [-0.15, -0.1) is 0 Å². The lowest BCUT2D eigenvalue weighted by atomic mass is 9.94. The van der Waals surface area contributed by atoms with Crippen molar-refractivity contribution in [3.8, 4) is 0 Å². The van der Waals surface area contributed by atoms with Crippen LogP contribution >= 0.6 is 23.2 Å². The lowest BCUT2D eigenvalue weighted by Gasteiger charge is -2.34. The van der Waals surface area contributed by atoms with E-state index >= 15 is 0 Å². The minimum atomic E-state index is -3.60. The molecule has 1 unspecified atom stereocenters. The Morgan fingerprint density at radius 2 is 1.60 bits per heavy atom. The van der Waals surface area contributed by atoms with Crippen molar-refractivity contribution in [1.29, 1.82) is 0 Å². The number of hydrogen-bond acceptors (Lipinski definition) is 4. The Morgan fingerprint density at radius 3 is 2.22 bits per heavy atom. The minimum absolute atomic E-state index is 0.0457. The van der Waals surface area contributed by atoms with Gasteiger partial charge in [-0.2, -0.15) is 0 Å². The lowest BCUT2D eigenvalue weighted by Crippen LogP contribution is -2.53. The highest BCUT2D eigenvalue weighted by Gasteiger charge is 2.32. The molecule has 2 amide bonds. The van der Waals surface area contributed by atoms with Gasteiger partial charge in [0.15, 0.2) is 0 Å². The van der Waals surface area contributed by atoms with Crippen molar-refractivity contribution in [3.05, 3.63) is 99.0 Å². The van der Waals surface area contributed by atoms with E-state index in [1.54, 1.807) is 23.1 Å². The van der Waals surface area contributed by atoms with Gasteiger partial charge in [-0.05, 0) is 79.6 Å². The zero-order valence-corrected chi connectivity index (χ0v) is 28.6. The molecular formula is C35H43Cl2N3O4S. The minimum Gasteiger partial charge on any atom is -0.352 e. The van der Waals surface area contributed by atoms with Gasteiger partial charge in [-0.1, -0.05) is 84.9 Å². The first kappa shape index (κ1) is 34.8. The normalized spacial score (nSPS) is 14.5. The summed E-state index contributed by atoms with van der Waals surface area (Å²) in [5.41, 5.74) is 4.08. The second kappa shape index (κ2) is 16.0. The van der Waals surface area contributed by atoms with E-state index in [0.717, 1.165) is 48.8 Å². The predicted molar refractivity (Wildman–Crippen MR) is 183 cm³/mol. The molecule has 1 saturated carbocycles. The molecule has 1 fully saturated rings. The fourth-order valence-electron chi connectivity index (χ4n) is 6.03. The highest BCUT2D eigenvalue weighted by Crippen LogP contribution is 2.26. The summed E-state index contributed by atoms with van der Waals surface area (Å²) in [5, 5.41) is 4.12. The molecule has 0 aliphatic heterocycles. The Kier molecular flexibility index (Phi) is 12.3. The average molecular weight is 673 g/mol. The SMILES string of the molecule is Cc1cc(C)cc(N(CCCC(=O)N(Cc2ccc(Cl)cc2Cl)C(Cc2ccccc2)C(=O)NC2CCCCC2)S(C)(=O)=O)c1. The Hall–Kier alpha value is -3.07. The smallest absolute Gasteiger partial charge is 0.243 e. The molecule has 4 rings (SSSR count). The van der Waals surface area contributed by atoms with E-state index in [1.165, 1.54) is 10.6 Å². The maximum Gasteiger partial charge on any atom is 0.243 e. The first-order valence-corrected chi connectivity index (χ1v) is 18.1. The fraction of sp³-hybridized carbons (Fsp3) is 0.429. The van der Waals surface area contributed by atoms with Crippen LogP contribution in [-0.2, 0) is 32.6 Å². The van der Waals surface area contributed by atoms with E-state index in [2.05, 4.69) is 5.32 Å². The Morgan fingerprint density at radius 1 is 0.933 bits per heavy atom. The number of carbonyl (C=O) groups excluding carboxylic acids is 2. The number of rotatable bonds is 13. The standard InChI is InChI=1S/C35H43Cl2N3O4S/c1-25-19-26(2)21-31(20-25)40(45(3,43)44)18-10-15-34(41)39(24-28-16-17-29(36)23-32(28)37)33(22-27-11-6-4-7-12-27)35(42)38-30-13-8-5-9-14-30/h4,6-7,11-12,16-17,19-21,23,30,33H,5,8-10,13-15,18,22,24H2,1-3H3,(H,38,42). The monoisotopic (exact) mass is 671 g/mol. The molecule has 0 radical (unpaired) electrons. The number of halogens is 2. The Balaban J connectivity index is 1.62. The van der Waals surface area contributed by atoms with Crippen molar-refractivity contribution in [2.75, 3.05) is 17.1 Å². The van der Waals surface area contributed by atoms with Gasteiger partial charge >= 0.3 is 0 Å². The second-order valence-electron chi connectivity index (χ2n) is 12.1. The van der Waals surface area contributed by atoms with Crippen LogP contribution in [0.3, 0.4) is 0 Å². The van der Waals surface area contributed by atoms with Crippen molar-refractivity contribution in [1.82, 2.24) is 10.2 Å². The van der Waals surface area contributed by atoms with Crippen LogP contribution in [-0.4, -0.2) is 50.0 Å². The third-order valence-corrected chi connectivity index (χ3v) is 10.0. The largest absolute Gasteiger partial charge is 0.352 e. The van der Waals surface area contributed by atoms with E-state index in [9.17, 15) is 18.0 Å². The molecule has 7 nitrogen and oxygen atoms in total. The molecule has 0 aromatic heterocycles. The van der Waals surface area contributed by atoms with Crippen LogP contribution in [0, 0.1) is 13.8 Å². The number of benzene rings is 3. The van der Waals surface area contributed by atoms with E-state index < -0.39 is 16.1 Å². The van der Waals surface area contributed by atoms with Crippen molar-refractivity contribution in [2.24, 2.45) is 0 Å². The van der Waals surface area contributed by atoms with Crippen LogP contribution in [0.15, 0.2) is 66.7 Å². The van der Waals surface area contributed by atoms with Crippen LogP contribution in [0.5, 0.6) is 0 Å². The van der Waals surface area contributed by atoms with Crippen LogP contribution in [0.1, 0.15) is 67.2 Å². The molecule has 242 valence electrons. The van der Waals surface area contributed by atoms with Gasteiger partial charge in [-0.25, -0.2) is 8.42 Å². The van der Waals surface area contributed by atoms with Gasteiger partial charge in [0.25, 0.3) is 0 Å². The molecule has 0 bridgehead atoms. The zero-order valence-electron chi connectivity index (χ0n) is 26.3. The quantitative estimate of drug-likeness (QED) is 0.207. The van der Waals surface area contributed by atoms with E-state index in [0.29, 0.717) is 27.7 Å². The van der Waals surface area contributed by atoms with Crippen molar-refractivity contribution < 1.29 is 18.0 Å². The molecule has 0 saturated heterocycles. The molecule has 3 aromatic rings. The summed E-state index contributed by atoms with van der Waals surface area (Å²) in [6.07, 6.45) is 6.94. The average Bonchev–Trinajstić information content (AvgIpc) is 2.98. The van der Waals surface area contributed by atoms with Crippen LogP contribution < -0.4 is 9.62 Å². The van der Waals surface area contributed by atoms with Crippen molar-refractivity contribution in [3.63, 3.8) is 0 Å². The molecular weight excluding hydrogens is 629 g/mol. The summed E-state index contributed by atoms with van der Waals surface area (Å²) in [7, 11) is -3.60. The number of aryl methyl sites for hydroxylation is 2. The molecule has 45 heavy (non-hydrogen) atoms. The molecule has 10 heteroatoms. The van der Waals surface area contributed by atoms with Crippen LogP contribution in [0.4, 0.5) is 5.69 Å². The molecule has 3 aromatic carbocycles. The maximum atomic E-state index is 14.1. The molecule has 1 aliphatic carbocycles. The lowest BCUT2D eigenvalue weighted by molar-refractivity contribution is -0.141. The highest BCUT2D eigenvalue weighted by atomic mass is 35.5. The number of sulfonamides is 1. The van der Waals surface area contributed by atoms with Crippen molar-refractivity contribution >= 4 is 50.7 Å². The van der Waals surface area contributed by atoms with E-state index in [1.807, 2.05) is 62.4 Å². The summed E-state index contributed by atoms with van der Waals surface area (Å²) in [6, 6.07) is 19.7. The third kappa shape index (κ3) is 10.2. The summed E-state index contributed by atoms with van der Waals surface area (Å²) in [5.74, 6) is -0.452. The summed E-state index contributed by atoms with van der Waals surface area (Å²) < 4.78 is 27.0. The van der Waals surface area contributed by atoms with Gasteiger partial charge in [0.05, 0.1) is 11.9 Å². The number of amides is 2. The van der Waals surface area contributed by atoms with Crippen LogP contribution in [0.25, 0.3) is 0 Å². The van der Waals surface area contributed by atoms with Gasteiger partial charge in [0.2, 0.25) is 21.8 Å².